The molecule has 0 unspecified atom stereocenters. The number of hydrogen-bond donors (Lipinski definition) is 4. The van der Waals surface area contributed by atoms with Gasteiger partial charge >= 0.3 is 0 Å². The van der Waals surface area contributed by atoms with Crippen LogP contribution in [0.5, 0.6) is 0 Å². The molecule has 0 heterocycles. The zero-order valence-electron chi connectivity index (χ0n) is 12.9. The first-order chi connectivity index (χ1) is 11.5. The summed E-state index contributed by atoms with van der Waals surface area (Å²) in [6, 6.07) is 16.4. The van der Waals surface area contributed by atoms with Gasteiger partial charge in [-0.2, -0.15) is 0 Å². The molecule has 0 atom stereocenters. The average molecular weight is 326 g/mol. The summed E-state index contributed by atoms with van der Waals surface area (Å²) in [7, 11) is 0. The van der Waals surface area contributed by atoms with E-state index in [1.54, 1.807) is 48.5 Å². The summed E-state index contributed by atoms with van der Waals surface area (Å²) in [6.07, 6.45) is -0.531. The molecule has 0 spiro atoms. The predicted molar refractivity (Wildman–Crippen MR) is 88.5 cm³/mol. The van der Waals surface area contributed by atoms with Gasteiger partial charge in [-0.3, -0.25) is 26.1 Å². The summed E-state index contributed by atoms with van der Waals surface area (Å²) in [4.78, 5) is 37.5. The highest BCUT2D eigenvalue weighted by Gasteiger charge is 2.44. The molecule has 0 amide bonds. The van der Waals surface area contributed by atoms with Gasteiger partial charge in [0.25, 0.3) is 0 Å². The van der Waals surface area contributed by atoms with Crippen molar-refractivity contribution in [2.24, 2.45) is 11.7 Å². The third kappa shape index (κ3) is 3.44. The Balaban J connectivity index is 2.27. The molecule has 0 aromatic heterocycles. The van der Waals surface area contributed by atoms with E-state index in [0.29, 0.717) is 5.56 Å². The molecular weight excluding hydrogens is 308 g/mol. The van der Waals surface area contributed by atoms with Crippen molar-refractivity contribution in [3.05, 3.63) is 71.8 Å². The minimum absolute atomic E-state index is 0.230. The first-order valence-electron chi connectivity index (χ1n) is 7.22. The van der Waals surface area contributed by atoms with Gasteiger partial charge in [0.2, 0.25) is 11.4 Å². The molecule has 0 aliphatic carbocycles. The molecule has 7 heteroatoms. The van der Waals surface area contributed by atoms with Crippen molar-refractivity contribution in [1.29, 1.82) is 0 Å². The molecule has 0 fully saturated rings. The quantitative estimate of drug-likeness (QED) is 0.181. The van der Waals surface area contributed by atoms with Gasteiger partial charge in [0.1, 0.15) is 0 Å². The highest BCUT2D eigenvalue weighted by Crippen LogP contribution is 2.15. The number of hydrogen-bond acceptors (Lipinski definition) is 7. The van der Waals surface area contributed by atoms with Crippen molar-refractivity contribution < 1.29 is 14.4 Å². The highest BCUT2D eigenvalue weighted by molar-refractivity contribution is 6.22. The van der Waals surface area contributed by atoms with Crippen molar-refractivity contribution in [2.45, 2.75) is 12.1 Å². The number of nitrogens with two attached hydrogens (primary N) is 2. The maximum atomic E-state index is 12.7. The van der Waals surface area contributed by atoms with Crippen LogP contribution in [0.3, 0.4) is 0 Å². The lowest BCUT2D eigenvalue weighted by Gasteiger charge is -2.29. The molecule has 0 saturated carbocycles. The molecule has 0 saturated heterocycles. The number of nitrogens with one attached hydrogen (secondary N) is 2. The Morgan fingerprint density at radius 3 is 1.71 bits per heavy atom. The average Bonchev–Trinajstić information content (AvgIpc) is 2.64. The second kappa shape index (κ2) is 7.71. The molecule has 2 aromatic carbocycles. The van der Waals surface area contributed by atoms with E-state index < -0.39 is 29.4 Å². The number of rotatable bonds is 8. The third-order valence-electron chi connectivity index (χ3n) is 3.64. The van der Waals surface area contributed by atoms with Crippen LogP contribution in [0, 0.1) is 0 Å². The third-order valence-corrected chi connectivity index (χ3v) is 3.64. The van der Waals surface area contributed by atoms with Gasteiger partial charge in [-0.1, -0.05) is 60.7 Å². The maximum Gasteiger partial charge on any atom is 0.218 e. The highest BCUT2D eigenvalue weighted by atomic mass is 16.2. The topological polar surface area (TPSA) is 127 Å². The molecule has 2 rings (SSSR count). The van der Waals surface area contributed by atoms with Crippen molar-refractivity contribution in [3.8, 4) is 0 Å². The number of ketones is 3. The summed E-state index contributed by atoms with van der Waals surface area (Å²) in [5, 5.41) is 0. The number of hydrazine groups is 2. The smallest absolute Gasteiger partial charge is 0.218 e. The summed E-state index contributed by atoms with van der Waals surface area (Å²) in [5.74, 6) is 8.98. The van der Waals surface area contributed by atoms with E-state index in [0.717, 1.165) is 0 Å². The molecule has 0 radical (unpaired) electrons. The van der Waals surface area contributed by atoms with Gasteiger partial charge in [0.05, 0.1) is 6.42 Å². The first kappa shape index (κ1) is 17.6. The molecule has 124 valence electrons. The molecule has 0 aliphatic heterocycles. The summed E-state index contributed by atoms with van der Waals surface area (Å²) < 4.78 is 0. The van der Waals surface area contributed by atoms with Crippen LogP contribution < -0.4 is 22.5 Å². The number of carbonyl (C=O) groups is 3. The Hall–Kier alpha value is -2.71. The van der Waals surface area contributed by atoms with Crippen LogP contribution in [0.2, 0.25) is 0 Å². The lowest BCUT2D eigenvalue weighted by molar-refractivity contribution is -0.124. The van der Waals surface area contributed by atoms with Crippen LogP contribution in [0.1, 0.15) is 27.1 Å². The molecule has 2 aromatic rings. The fourth-order valence-corrected chi connectivity index (χ4v) is 2.27. The van der Waals surface area contributed by atoms with Crippen LogP contribution in [0.25, 0.3) is 0 Å². The van der Waals surface area contributed by atoms with Crippen LogP contribution in [-0.4, -0.2) is 23.0 Å². The first-order valence-corrected chi connectivity index (χ1v) is 7.22. The molecule has 6 N–H and O–H groups in total. The van der Waals surface area contributed by atoms with E-state index in [-0.39, 0.29) is 5.56 Å². The summed E-state index contributed by atoms with van der Waals surface area (Å²) in [5.41, 5.74) is 2.78. The molecule has 0 aliphatic rings. The van der Waals surface area contributed by atoms with Gasteiger partial charge in [-0.25, -0.2) is 10.9 Å². The minimum atomic E-state index is -2.08. The van der Waals surface area contributed by atoms with E-state index in [9.17, 15) is 14.4 Å². The monoisotopic (exact) mass is 326 g/mol. The van der Waals surface area contributed by atoms with E-state index in [1.165, 1.54) is 12.1 Å². The Morgan fingerprint density at radius 1 is 0.792 bits per heavy atom. The normalized spacial score (nSPS) is 11.1. The fraction of sp³-hybridized carbons (Fsp3) is 0.118. The van der Waals surface area contributed by atoms with Crippen molar-refractivity contribution in [2.75, 3.05) is 0 Å². The van der Waals surface area contributed by atoms with Gasteiger partial charge in [0.15, 0.2) is 11.6 Å². The second-order valence-corrected chi connectivity index (χ2v) is 5.12. The van der Waals surface area contributed by atoms with E-state index in [4.69, 9.17) is 11.7 Å². The maximum absolute atomic E-state index is 12.7. The SMILES string of the molecule is NNC(NN)(C(=O)CC(=O)c1ccccc1)C(=O)c1ccccc1. The Kier molecular flexibility index (Phi) is 5.67. The zero-order chi connectivity index (χ0) is 17.6. The largest absolute Gasteiger partial charge is 0.295 e. The lowest BCUT2D eigenvalue weighted by Crippen LogP contribution is -2.71. The van der Waals surface area contributed by atoms with Gasteiger partial charge < -0.3 is 0 Å². The van der Waals surface area contributed by atoms with E-state index in [1.807, 2.05) is 0 Å². The summed E-state index contributed by atoms with van der Waals surface area (Å²) in [6.45, 7) is 0. The number of Topliss-reactive ketones (excluding diaryl/α,β-unsaturated/α-hetero) is 3. The van der Waals surface area contributed by atoms with Gasteiger partial charge in [0, 0.05) is 11.1 Å². The minimum Gasteiger partial charge on any atom is -0.295 e. The van der Waals surface area contributed by atoms with Gasteiger partial charge in [-0.15, -0.1) is 0 Å². The second-order valence-electron chi connectivity index (χ2n) is 5.12. The van der Waals surface area contributed by atoms with Crippen molar-refractivity contribution in [3.63, 3.8) is 0 Å². The van der Waals surface area contributed by atoms with Crippen LogP contribution >= 0.6 is 0 Å². The Bertz CT molecular complexity index is 728. The Labute approximate surface area is 139 Å². The molecule has 7 nitrogen and oxygen atoms in total. The fourth-order valence-electron chi connectivity index (χ4n) is 2.27. The van der Waals surface area contributed by atoms with Crippen LogP contribution in [0.15, 0.2) is 60.7 Å². The van der Waals surface area contributed by atoms with Crippen LogP contribution in [-0.2, 0) is 4.79 Å². The molecule has 24 heavy (non-hydrogen) atoms. The number of benzene rings is 2. The molecule has 0 bridgehead atoms. The van der Waals surface area contributed by atoms with Crippen molar-refractivity contribution >= 4 is 17.3 Å². The number of carbonyl (C=O) groups excluding carboxylic acids is 3. The summed E-state index contributed by atoms with van der Waals surface area (Å²) >= 11 is 0. The van der Waals surface area contributed by atoms with Gasteiger partial charge in [-0.05, 0) is 0 Å². The van der Waals surface area contributed by atoms with Crippen LogP contribution in [0.4, 0.5) is 0 Å². The van der Waals surface area contributed by atoms with Crippen molar-refractivity contribution in [1.82, 2.24) is 10.9 Å². The zero-order valence-corrected chi connectivity index (χ0v) is 12.9. The molecular formula is C17H18N4O3. The standard InChI is InChI=1S/C17H18N4O3/c18-20-17(21-19,16(24)13-9-5-2-6-10-13)15(23)11-14(22)12-7-3-1-4-8-12/h1-10,20-21H,11,18-19H2. The van der Waals surface area contributed by atoms with E-state index >= 15 is 0 Å². The Morgan fingerprint density at radius 2 is 1.25 bits per heavy atom. The predicted octanol–water partition coefficient (Wildman–Crippen LogP) is 0.334. The lowest BCUT2D eigenvalue weighted by atomic mass is 9.91. The van der Waals surface area contributed by atoms with E-state index in [2.05, 4.69) is 10.9 Å².